The quantitative estimate of drug-likeness (QED) is 0.236. The van der Waals surface area contributed by atoms with Crippen molar-refractivity contribution in [2.45, 2.75) is 278 Å². The van der Waals surface area contributed by atoms with Crippen LogP contribution in [0, 0.1) is 45.3 Å². The fourth-order valence-electron chi connectivity index (χ4n) is 4.30. The van der Waals surface area contributed by atoms with E-state index in [9.17, 15) is 0 Å². The molecule has 2 nitrogen and oxygen atoms in total. The molecule has 0 atom stereocenters. The molecule has 0 bridgehead atoms. The van der Waals surface area contributed by atoms with Gasteiger partial charge in [-0.3, -0.25) is 0 Å². The van der Waals surface area contributed by atoms with Crippen molar-refractivity contribution >= 4 is 0 Å². The van der Waals surface area contributed by atoms with Crippen molar-refractivity contribution in [3.63, 3.8) is 0 Å². The number of nitrogens with zero attached hydrogens (tertiary/aromatic N) is 1. The summed E-state index contributed by atoms with van der Waals surface area (Å²) in [6.45, 7) is 66.2. The van der Waals surface area contributed by atoms with Gasteiger partial charge in [0.05, 0.1) is 17.1 Å². The summed E-state index contributed by atoms with van der Waals surface area (Å²) in [6.07, 6.45) is 11.0. The van der Waals surface area contributed by atoms with Crippen LogP contribution in [0.15, 0.2) is 0 Å². The maximum absolute atomic E-state index is 8.48. The molecule has 0 radical (unpaired) electrons. The molecule has 0 aromatic heterocycles. The lowest BCUT2D eigenvalue weighted by molar-refractivity contribution is 0.0149. The Morgan fingerprint density at radius 2 is 0.745 bits per heavy atom. The highest BCUT2D eigenvalue weighted by Gasteiger charge is 2.14. The van der Waals surface area contributed by atoms with Crippen LogP contribution < -0.4 is 0 Å². The highest BCUT2D eigenvalue weighted by molar-refractivity contribution is 4.90. The molecule has 0 aliphatic rings. The van der Waals surface area contributed by atoms with Crippen LogP contribution in [0.4, 0.5) is 0 Å². The average molecular weight is 736 g/mol. The van der Waals surface area contributed by atoms with Gasteiger partial charge < -0.3 is 4.74 Å². The van der Waals surface area contributed by atoms with E-state index in [-0.39, 0.29) is 11.0 Å². The lowest BCUT2D eigenvalue weighted by Crippen LogP contribution is -2.21. The minimum atomic E-state index is -0.102. The van der Waals surface area contributed by atoms with Crippen LogP contribution >= 0.6 is 0 Å². The van der Waals surface area contributed by atoms with E-state index in [0.717, 1.165) is 37.0 Å². The second kappa shape index (κ2) is 61.5. The molecular weight excluding hydrogens is 619 g/mol. The fraction of sp³-hybridized carbons (Fsp3) is 0.980. The van der Waals surface area contributed by atoms with Crippen molar-refractivity contribution < 1.29 is 4.74 Å². The molecule has 0 fully saturated rings. The first-order valence-corrected chi connectivity index (χ1v) is 22.2. The summed E-state index contributed by atoms with van der Waals surface area (Å²) >= 11 is 0. The van der Waals surface area contributed by atoms with Gasteiger partial charge >= 0.3 is 0 Å². The van der Waals surface area contributed by atoms with Crippen LogP contribution in [-0.2, 0) is 4.74 Å². The van der Waals surface area contributed by atoms with E-state index in [1.54, 1.807) is 7.11 Å². The van der Waals surface area contributed by atoms with Gasteiger partial charge in [0.25, 0.3) is 0 Å². The molecule has 0 amide bonds. The fourth-order valence-corrected chi connectivity index (χ4v) is 4.30. The lowest BCUT2D eigenvalue weighted by atomic mass is 9.86. The topological polar surface area (TPSA) is 33.0 Å². The van der Waals surface area contributed by atoms with Gasteiger partial charge in [-0.1, -0.05) is 213 Å². The van der Waals surface area contributed by atoms with Crippen molar-refractivity contribution in [1.29, 1.82) is 5.26 Å². The van der Waals surface area contributed by atoms with Crippen LogP contribution in [0.3, 0.4) is 0 Å². The summed E-state index contributed by atoms with van der Waals surface area (Å²) in [5.41, 5.74) is 1.06. The maximum Gasteiger partial charge on any atom is 0.0683 e. The molecular formula is C49H117NO. The summed E-state index contributed by atoms with van der Waals surface area (Å²) in [7, 11) is 1.76. The SMILES string of the molecule is CC.CC.CC.CC.CC.CC(C)CC(C)(C)C.CC(C)CC(C)C.CCC.CCCC(C)(C)C.CCCC(C)(C)C#N.CCCC(C)(C)OC. The second-order valence-electron chi connectivity index (χ2n) is 16.7. The molecule has 0 unspecified atom stereocenters. The number of nitriles is 1. The summed E-state index contributed by atoms with van der Waals surface area (Å²) in [4.78, 5) is 0. The van der Waals surface area contributed by atoms with E-state index >= 15 is 0 Å². The van der Waals surface area contributed by atoms with Gasteiger partial charge in [-0.05, 0) is 88.4 Å². The molecule has 0 aromatic rings. The molecule has 0 spiro atoms. The average Bonchev–Trinajstić information content (AvgIpc) is 3.01. The molecule has 51 heavy (non-hydrogen) atoms. The highest BCUT2D eigenvalue weighted by Crippen LogP contribution is 2.23. The first-order valence-electron chi connectivity index (χ1n) is 22.2. The van der Waals surface area contributed by atoms with Crippen molar-refractivity contribution in [2.24, 2.45) is 34.0 Å². The summed E-state index contributed by atoms with van der Waals surface area (Å²) in [5.74, 6) is 2.59. The Morgan fingerprint density at radius 3 is 0.784 bits per heavy atom. The van der Waals surface area contributed by atoms with Crippen LogP contribution in [-0.4, -0.2) is 12.7 Å². The lowest BCUT2D eigenvalue weighted by Gasteiger charge is -2.21. The molecule has 0 aromatic carbocycles. The minimum Gasteiger partial charge on any atom is -0.379 e. The third kappa shape index (κ3) is 159. The molecule has 0 aliphatic heterocycles. The van der Waals surface area contributed by atoms with E-state index < -0.39 is 0 Å². The van der Waals surface area contributed by atoms with Crippen molar-refractivity contribution in [2.75, 3.05) is 7.11 Å². The minimum absolute atomic E-state index is 0.0920. The first-order chi connectivity index (χ1) is 23.3. The monoisotopic (exact) mass is 736 g/mol. The standard InChI is InChI=1S/C8H18.C7H13N.C7H16O.2C7H16.C3H8.5C2H6/c1-7(2)6-8(3,4)5;1-4-5-7(2,3)6-8;1-5-6-7(2,3)8-4;1-6(2)5-7(3)4;1-5-6-7(2,3)4;1-3-2;5*1-2/h7H,6H2,1-5H3;4-5H2,1-3H3;5-6H2,1-4H3;6-7H,5H2,1-4H3;5-6H2,1-4H3;3H2,1-2H3;5*1-2H3. The van der Waals surface area contributed by atoms with Gasteiger partial charge in [0, 0.05) is 7.11 Å². The van der Waals surface area contributed by atoms with Crippen molar-refractivity contribution in [3.8, 4) is 6.07 Å². The maximum atomic E-state index is 8.48. The highest BCUT2D eigenvalue weighted by atomic mass is 16.5. The summed E-state index contributed by atoms with van der Waals surface area (Å²) < 4.78 is 5.18. The van der Waals surface area contributed by atoms with Crippen LogP contribution in [0.1, 0.15) is 272 Å². The van der Waals surface area contributed by atoms with Gasteiger partial charge in [-0.2, -0.15) is 5.26 Å². The second-order valence-corrected chi connectivity index (χ2v) is 16.7. The largest absolute Gasteiger partial charge is 0.379 e. The van der Waals surface area contributed by atoms with Crippen LogP contribution in [0.25, 0.3) is 0 Å². The molecule has 0 heterocycles. The third-order valence-corrected chi connectivity index (χ3v) is 5.55. The smallest absolute Gasteiger partial charge is 0.0683 e. The molecule has 0 saturated heterocycles. The van der Waals surface area contributed by atoms with Gasteiger partial charge in [0.1, 0.15) is 0 Å². The molecule has 0 aliphatic carbocycles. The Balaban J connectivity index is -0.0000000402. The van der Waals surface area contributed by atoms with Crippen LogP contribution in [0.2, 0.25) is 0 Å². The summed E-state index contributed by atoms with van der Waals surface area (Å²) in [6, 6.07) is 2.24. The van der Waals surface area contributed by atoms with E-state index in [1.807, 2.05) is 83.1 Å². The first kappa shape index (κ1) is 79.3. The predicted octanol–water partition coefficient (Wildman–Crippen LogP) is 19.7. The molecule has 0 N–H and O–H groups in total. The Hall–Kier alpha value is -0.550. The number of hydrogen-bond donors (Lipinski definition) is 0. The van der Waals surface area contributed by atoms with Crippen LogP contribution in [0.5, 0.6) is 0 Å². The van der Waals surface area contributed by atoms with E-state index in [4.69, 9.17) is 10.00 Å². The predicted molar refractivity (Wildman–Crippen MR) is 251 cm³/mol. The van der Waals surface area contributed by atoms with Gasteiger partial charge in [0.2, 0.25) is 0 Å². The Bertz CT molecular complexity index is 516. The number of hydrogen-bond acceptors (Lipinski definition) is 2. The number of ether oxygens (including phenoxy) is 1. The van der Waals surface area contributed by atoms with Gasteiger partial charge in [-0.15, -0.1) is 0 Å². The Kier molecular flexibility index (Phi) is 95.6. The zero-order valence-electron chi connectivity index (χ0n) is 43.5. The zero-order valence-corrected chi connectivity index (χ0v) is 43.5. The molecule has 0 rings (SSSR count). The van der Waals surface area contributed by atoms with E-state index in [2.05, 4.69) is 138 Å². The van der Waals surface area contributed by atoms with Crippen molar-refractivity contribution in [3.05, 3.63) is 0 Å². The normalized spacial score (nSPS) is 9.69. The van der Waals surface area contributed by atoms with E-state index in [0.29, 0.717) is 10.8 Å². The number of methoxy groups -OCH3 is 1. The molecule has 324 valence electrons. The molecule has 2 heteroatoms. The van der Waals surface area contributed by atoms with Crippen molar-refractivity contribution in [1.82, 2.24) is 0 Å². The molecule has 0 saturated carbocycles. The van der Waals surface area contributed by atoms with E-state index in [1.165, 1.54) is 38.5 Å². The van der Waals surface area contributed by atoms with Gasteiger partial charge in [0.15, 0.2) is 0 Å². The van der Waals surface area contributed by atoms with Gasteiger partial charge in [-0.25, -0.2) is 0 Å². The Morgan fingerprint density at radius 1 is 0.471 bits per heavy atom. The zero-order chi connectivity index (χ0) is 44.5. The Labute approximate surface area is 334 Å². The summed E-state index contributed by atoms with van der Waals surface area (Å²) in [5, 5.41) is 8.48. The number of rotatable bonds is 9. The third-order valence-electron chi connectivity index (χ3n) is 5.55.